The van der Waals surface area contributed by atoms with Gasteiger partial charge in [-0.25, -0.2) is 8.78 Å². The Bertz CT molecular complexity index is 2310. The number of hydrogen-bond acceptors (Lipinski definition) is 0. The number of aryl methyl sites for hydroxylation is 12. The second-order valence-corrected chi connectivity index (χ2v) is 20.5. The second-order valence-electron chi connectivity index (χ2n) is 16.5. The molecule has 7 aromatic carbocycles. The third-order valence-electron chi connectivity index (χ3n) is 11.3. The minimum absolute atomic E-state index is 0.344. The van der Waals surface area contributed by atoms with Crippen LogP contribution in [0.5, 0.6) is 0 Å². The highest BCUT2D eigenvalue weighted by atomic mass is 31.1. The first-order valence-corrected chi connectivity index (χ1v) is 22.8. The van der Waals surface area contributed by atoms with Crippen molar-refractivity contribution in [2.24, 2.45) is 0 Å². The van der Waals surface area contributed by atoms with E-state index in [9.17, 15) is 0 Å². The van der Waals surface area contributed by atoms with Gasteiger partial charge in [-0.2, -0.15) is 0 Å². The molecule has 0 unspecified atom stereocenters. The summed E-state index contributed by atoms with van der Waals surface area (Å²) >= 11 is 0. The first-order chi connectivity index (χ1) is 27.6. The molecule has 0 atom stereocenters. The van der Waals surface area contributed by atoms with E-state index in [0.717, 1.165) is 88.0 Å². The van der Waals surface area contributed by atoms with Crippen LogP contribution in [0.2, 0.25) is 0 Å². The van der Waals surface area contributed by atoms with Crippen LogP contribution in [-0.4, -0.2) is 0 Å². The Morgan fingerprint density at radius 2 is 0.500 bits per heavy atom. The van der Waals surface area contributed by atoms with Crippen molar-refractivity contribution < 1.29 is 8.78 Å². The molecule has 0 fully saturated rings. The van der Waals surface area contributed by atoms with E-state index in [1.807, 2.05) is 60.7 Å². The van der Waals surface area contributed by atoms with Crippen molar-refractivity contribution >= 4 is 47.7 Å². The Labute approximate surface area is 347 Å². The molecule has 0 amide bonds. The number of hydrogen-bond donors (Lipinski definition) is 0. The van der Waals surface area contributed by atoms with Crippen molar-refractivity contribution in [1.82, 2.24) is 0 Å². The summed E-state index contributed by atoms with van der Waals surface area (Å²) in [6.07, 6.45) is 0. The predicted molar refractivity (Wildman–Crippen MR) is 251 cm³/mol. The van der Waals surface area contributed by atoms with Gasteiger partial charge in [0.1, 0.15) is 11.6 Å². The standard InChI is InChI=1S/C54H54F2P2/c1-31-23-35(5)49(36(6)24-31)57(50-37(7)25-32(2)26-38(50)8)53-45(43-19-15-13-16-20-43)48(56)54(46(47(53)55)44-21-17-14-18-22-44)58(51-39(9)27-33(3)28-40(51)10)52-41(11)29-34(4)30-42(52)12/h13-30H,1-12H3. The van der Waals surface area contributed by atoms with Gasteiger partial charge in [-0.3, -0.25) is 0 Å². The zero-order valence-electron chi connectivity index (χ0n) is 36.0. The summed E-state index contributed by atoms with van der Waals surface area (Å²) in [4.78, 5) is 0. The lowest BCUT2D eigenvalue weighted by molar-refractivity contribution is 0.620. The molecule has 58 heavy (non-hydrogen) atoms. The first kappa shape index (κ1) is 41.4. The minimum Gasteiger partial charge on any atom is -0.206 e. The SMILES string of the molecule is Cc1cc(C)c(P(c2c(C)cc(C)cc2C)c2c(F)c(-c3ccccc3)c(P(c3c(C)cc(C)cc3C)c3c(C)cc(C)cc3C)c(F)c2-c2ccccc2)c(C)c1. The lowest BCUT2D eigenvalue weighted by Crippen LogP contribution is -2.36. The average Bonchev–Trinajstić information content (AvgIpc) is 3.13. The largest absolute Gasteiger partial charge is 0.206 e. The maximum Gasteiger partial charge on any atom is 0.140 e. The smallest absolute Gasteiger partial charge is 0.140 e. The second kappa shape index (κ2) is 16.5. The summed E-state index contributed by atoms with van der Waals surface area (Å²) in [5.41, 5.74) is 15.4. The summed E-state index contributed by atoms with van der Waals surface area (Å²) in [7, 11) is -3.25. The highest BCUT2D eigenvalue weighted by Gasteiger charge is 2.39. The lowest BCUT2D eigenvalue weighted by Gasteiger charge is -2.34. The molecule has 7 rings (SSSR count). The fourth-order valence-corrected chi connectivity index (χ4v) is 15.8. The number of benzene rings is 7. The minimum atomic E-state index is -1.62. The molecule has 0 saturated heterocycles. The fourth-order valence-electron chi connectivity index (χ4n) is 9.59. The van der Waals surface area contributed by atoms with Crippen LogP contribution >= 0.6 is 15.8 Å². The normalized spacial score (nSPS) is 11.6. The Morgan fingerprint density at radius 3 is 0.707 bits per heavy atom. The zero-order valence-corrected chi connectivity index (χ0v) is 37.8. The van der Waals surface area contributed by atoms with Crippen molar-refractivity contribution in [2.75, 3.05) is 0 Å². The molecule has 0 bridgehead atoms. The van der Waals surface area contributed by atoms with Crippen molar-refractivity contribution in [1.29, 1.82) is 0 Å². The van der Waals surface area contributed by atoms with Crippen molar-refractivity contribution in [3.05, 3.63) is 188 Å². The van der Waals surface area contributed by atoms with E-state index in [1.54, 1.807) is 0 Å². The van der Waals surface area contributed by atoms with E-state index in [4.69, 9.17) is 0 Å². The van der Waals surface area contributed by atoms with E-state index in [0.29, 0.717) is 32.9 Å². The molecular weight excluding hydrogens is 749 g/mol. The summed E-state index contributed by atoms with van der Waals surface area (Å²) < 4.78 is 38.9. The van der Waals surface area contributed by atoms with Crippen LogP contribution < -0.4 is 31.8 Å². The molecule has 0 aliphatic carbocycles. The van der Waals surface area contributed by atoms with Crippen molar-refractivity contribution in [3.8, 4) is 22.3 Å². The van der Waals surface area contributed by atoms with Gasteiger partial charge in [0.2, 0.25) is 0 Å². The first-order valence-electron chi connectivity index (χ1n) is 20.2. The van der Waals surface area contributed by atoms with Gasteiger partial charge in [0.15, 0.2) is 0 Å². The molecule has 0 aliphatic heterocycles. The summed E-state index contributed by atoms with van der Waals surface area (Å²) in [6.45, 7) is 25.5. The van der Waals surface area contributed by atoms with Gasteiger partial charge in [-0.15, -0.1) is 0 Å². The lowest BCUT2D eigenvalue weighted by atomic mass is 9.98. The van der Waals surface area contributed by atoms with Gasteiger partial charge in [-0.05, 0) is 176 Å². The van der Waals surface area contributed by atoms with E-state index in [-0.39, 0.29) is 11.6 Å². The van der Waals surface area contributed by atoms with E-state index >= 15 is 8.78 Å². The highest BCUT2D eigenvalue weighted by Crippen LogP contribution is 2.49. The zero-order chi connectivity index (χ0) is 41.7. The fraction of sp³-hybridized carbons (Fsp3) is 0.222. The molecule has 7 aromatic rings. The van der Waals surface area contributed by atoms with Gasteiger partial charge >= 0.3 is 0 Å². The molecule has 4 heteroatoms. The van der Waals surface area contributed by atoms with Crippen LogP contribution in [0.4, 0.5) is 8.78 Å². The topological polar surface area (TPSA) is 0 Å². The molecule has 0 heterocycles. The Hall–Kier alpha value is -4.74. The van der Waals surface area contributed by atoms with Crippen LogP contribution in [0.15, 0.2) is 109 Å². The van der Waals surface area contributed by atoms with Crippen LogP contribution in [0, 0.1) is 94.7 Å². The molecular formula is C54H54F2P2. The van der Waals surface area contributed by atoms with Crippen molar-refractivity contribution in [2.45, 2.75) is 83.1 Å². The summed E-state index contributed by atoms with van der Waals surface area (Å²) in [6, 6.07) is 37.1. The average molecular weight is 803 g/mol. The summed E-state index contributed by atoms with van der Waals surface area (Å²) in [5.74, 6) is -0.688. The maximum absolute atomic E-state index is 19.4. The Kier molecular flexibility index (Phi) is 11.8. The summed E-state index contributed by atoms with van der Waals surface area (Å²) in [5, 5.41) is 5.20. The molecule has 0 aliphatic rings. The Balaban J connectivity index is 1.78. The molecule has 0 nitrogen and oxygen atoms in total. The molecule has 0 N–H and O–H groups in total. The number of halogens is 2. The van der Waals surface area contributed by atoms with Crippen LogP contribution in [-0.2, 0) is 0 Å². The van der Waals surface area contributed by atoms with Gasteiger partial charge in [0.05, 0.1) is 0 Å². The van der Waals surface area contributed by atoms with Crippen molar-refractivity contribution in [3.63, 3.8) is 0 Å². The third-order valence-corrected chi connectivity index (χ3v) is 17.7. The van der Waals surface area contributed by atoms with E-state index in [1.165, 1.54) is 0 Å². The molecule has 0 aromatic heterocycles. The number of rotatable bonds is 8. The van der Waals surface area contributed by atoms with Gasteiger partial charge in [-0.1, -0.05) is 131 Å². The predicted octanol–water partition coefficient (Wildman–Crippen LogP) is 12.5. The van der Waals surface area contributed by atoms with Crippen LogP contribution in [0.25, 0.3) is 22.3 Å². The monoisotopic (exact) mass is 802 g/mol. The third kappa shape index (κ3) is 7.52. The maximum atomic E-state index is 19.4. The highest BCUT2D eigenvalue weighted by molar-refractivity contribution is 7.81. The quantitative estimate of drug-likeness (QED) is 0.134. The van der Waals surface area contributed by atoms with Crippen LogP contribution in [0.3, 0.4) is 0 Å². The van der Waals surface area contributed by atoms with Gasteiger partial charge in [0.25, 0.3) is 0 Å². The molecule has 0 spiro atoms. The van der Waals surface area contributed by atoms with E-state index < -0.39 is 15.8 Å². The van der Waals surface area contributed by atoms with E-state index in [2.05, 4.69) is 132 Å². The van der Waals surface area contributed by atoms with Gasteiger partial charge in [0, 0.05) is 21.7 Å². The van der Waals surface area contributed by atoms with Gasteiger partial charge < -0.3 is 0 Å². The Morgan fingerprint density at radius 1 is 0.293 bits per heavy atom. The molecule has 294 valence electrons. The molecule has 0 saturated carbocycles. The molecule has 0 radical (unpaired) electrons. The van der Waals surface area contributed by atoms with Crippen LogP contribution in [0.1, 0.15) is 66.8 Å².